The third kappa shape index (κ3) is 2.91. The number of hydrogen-bond acceptors (Lipinski definition) is 4. The Labute approximate surface area is 111 Å². The maximum absolute atomic E-state index is 9.84. The van der Waals surface area contributed by atoms with E-state index < -0.39 is 0 Å². The van der Waals surface area contributed by atoms with Crippen molar-refractivity contribution in [2.24, 2.45) is 0 Å². The Kier molecular flexibility index (Phi) is 3.80. The second kappa shape index (κ2) is 5.52. The highest BCUT2D eigenvalue weighted by molar-refractivity contribution is 5.47. The third-order valence-corrected chi connectivity index (χ3v) is 2.95. The van der Waals surface area contributed by atoms with Crippen LogP contribution in [0.1, 0.15) is 11.1 Å². The number of aromatic hydroxyl groups is 2. The second-order valence-electron chi connectivity index (χ2n) is 4.17. The van der Waals surface area contributed by atoms with E-state index in [0.717, 1.165) is 0 Å². The fourth-order valence-corrected chi connectivity index (χ4v) is 1.87. The number of phenols is 2. The molecule has 100 valence electrons. The summed E-state index contributed by atoms with van der Waals surface area (Å²) >= 11 is 0. The summed E-state index contributed by atoms with van der Waals surface area (Å²) in [6, 6.07) is 10.0. The summed E-state index contributed by atoms with van der Waals surface area (Å²) < 4.78 is 10.2. The molecule has 2 aromatic carbocycles. The molecule has 0 spiro atoms. The van der Waals surface area contributed by atoms with Crippen molar-refractivity contribution in [1.82, 2.24) is 0 Å². The van der Waals surface area contributed by atoms with E-state index >= 15 is 0 Å². The Morgan fingerprint density at radius 3 is 1.58 bits per heavy atom. The van der Waals surface area contributed by atoms with Gasteiger partial charge in [-0.3, -0.25) is 0 Å². The highest BCUT2D eigenvalue weighted by Crippen LogP contribution is 2.30. The predicted octanol–water partition coefficient (Wildman–Crippen LogP) is 2.71. The van der Waals surface area contributed by atoms with Crippen LogP contribution >= 0.6 is 0 Å². The summed E-state index contributed by atoms with van der Waals surface area (Å²) in [6.07, 6.45) is 0.395. The van der Waals surface area contributed by atoms with Gasteiger partial charge >= 0.3 is 0 Å². The van der Waals surface area contributed by atoms with Crippen LogP contribution < -0.4 is 9.47 Å². The van der Waals surface area contributed by atoms with Gasteiger partial charge in [-0.2, -0.15) is 0 Å². The van der Waals surface area contributed by atoms with Gasteiger partial charge in [0.05, 0.1) is 14.2 Å². The van der Waals surface area contributed by atoms with Gasteiger partial charge in [0.2, 0.25) is 0 Å². The molecule has 0 fully saturated rings. The van der Waals surface area contributed by atoms with Gasteiger partial charge in [0.15, 0.2) is 0 Å². The molecular weight excluding hydrogens is 244 g/mol. The topological polar surface area (TPSA) is 58.9 Å². The average molecular weight is 260 g/mol. The third-order valence-electron chi connectivity index (χ3n) is 2.95. The summed E-state index contributed by atoms with van der Waals surface area (Å²) in [6.45, 7) is 0. The Hall–Kier alpha value is -2.36. The van der Waals surface area contributed by atoms with Gasteiger partial charge in [-0.05, 0) is 36.4 Å². The van der Waals surface area contributed by atoms with Gasteiger partial charge in [0.25, 0.3) is 0 Å². The van der Waals surface area contributed by atoms with Crippen molar-refractivity contribution in [3.63, 3.8) is 0 Å². The molecule has 4 heteroatoms. The minimum atomic E-state index is 0.169. The molecule has 0 saturated carbocycles. The number of benzene rings is 2. The minimum absolute atomic E-state index is 0.169. The number of rotatable bonds is 4. The van der Waals surface area contributed by atoms with Gasteiger partial charge in [-0.25, -0.2) is 0 Å². The fraction of sp³-hybridized carbons (Fsp3) is 0.200. The molecule has 0 amide bonds. The predicted molar refractivity (Wildman–Crippen MR) is 72.1 cm³/mol. The Bertz CT molecular complexity index is 527. The monoisotopic (exact) mass is 260 g/mol. The number of ether oxygens (including phenoxy) is 2. The molecule has 4 nitrogen and oxygen atoms in total. The Morgan fingerprint density at radius 1 is 0.789 bits per heavy atom. The van der Waals surface area contributed by atoms with E-state index in [1.807, 2.05) is 0 Å². The van der Waals surface area contributed by atoms with Crippen LogP contribution in [0.2, 0.25) is 0 Å². The molecule has 0 aliphatic rings. The maximum atomic E-state index is 9.84. The van der Waals surface area contributed by atoms with Crippen molar-refractivity contribution in [3.8, 4) is 23.0 Å². The molecule has 0 atom stereocenters. The summed E-state index contributed by atoms with van der Waals surface area (Å²) in [5, 5.41) is 19.7. The van der Waals surface area contributed by atoms with E-state index in [9.17, 15) is 10.2 Å². The van der Waals surface area contributed by atoms with Crippen LogP contribution in [0.5, 0.6) is 23.0 Å². The quantitative estimate of drug-likeness (QED) is 0.887. The SMILES string of the molecule is COc1ccc(O)c(Cc2cc(OC)ccc2O)c1. The Morgan fingerprint density at radius 2 is 1.21 bits per heavy atom. The highest BCUT2D eigenvalue weighted by Gasteiger charge is 2.09. The first kappa shape index (κ1) is 13.1. The van der Waals surface area contributed by atoms with Crippen LogP contribution in [0, 0.1) is 0 Å². The number of hydrogen-bond donors (Lipinski definition) is 2. The zero-order valence-corrected chi connectivity index (χ0v) is 10.9. The highest BCUT2D eigenvalue weighted by atomic mass is 16.5. The number of methoxy groups -OCH3 is 2. The van der Waals surface area contributed by atoms with Gasteiger partial charge in [-0.1, -0.05) is 0 Å². The molecule has 19 heavy (non-hydrogen) atoms. The van der Waals surface area contributed by atoms with Crippen LogP contribution in [-0.4, -0.2) is 24.4 Å². The van der Waals surface area contributed by atoms with Crippen molar-refractivity contribution >= 4 is 0 Å². The van der Waals surface area contributed by atoms with Gasteiger partial charge in [0.1, 0.15) is 23.0 Å². The smallest absolute Gasteiger partial charge is 0.119 e. The van der Waals surface area contributed by atoms with E-state index in [0.29, 0.717) is 29.0 Å². The average Bonchev–Trinajstić information content (AvgIpc) is 2.43. The lowest BCUT2D eigenvalue weighted by molar-refractivity contribution is 0.409. The standard InChI is InChI=1S/C15H16O4/c1-18-12-3-5-14(16)10(8-12)7-11-9-13(19-2)4-6-15(11)17/h3-6,8-9,16-17H,7H2,1-2H3. The first-order valence-electron chi connectivity index (χ1n) is 5.86. The van der Waals surface area contributed by atoms with Crippen molar-refractivity contribution in [2.45, 2.75) is 6.42 Å². The molecule has 0 aliphatic heterocycles. The molecule has 2 N–H and O–H groups in total. The van der Waals surface area contributed by atoms with Crippen molar-refractivity contribution in [3.05, 3.63) is 47.5 Å². The molecule has 2 aromatic rings. The van der Waals surface area contributed by atoms with Crippen LogP contribution in [-0.2, 0) is 6.42 Å². The summed E-state index contributed by atoms with van der Waals surface area (Å²) in [5.74, 6) is 1.66. The minimum Gasteiger partial charge on any atom is -0.508 e. The summed E-state index contributed by atoms with van der Waals surface area (Å²) in [5.41, 5.74) is 1.37. The zero-order chi connectivity index (χ0) is 13.8. The van der Waals surface area contributed by atoms with Crippen LogP contribution in [0.3, 0.4) is 0 Å². The van der Waals surface area contributed by atoms with Crippen molar-refractivity contribution in [2.75, 3.05) is 14.2 Å². The fourth-order valence-electron chi connectivity index (χ4n) is 1.87. The van der Waals surface area contributed by atoms with E-state index in [-0.39, 0.29) is 11.5 Å². The maximum Gasteiger partial charge on any atom is 0.119 e. The first-order valence-corrected chi connectivity index (χ1v) is 5.86. The van der Waals surface area contributed by atoms with E-state index in [4.69, 9.17) is 9.47 Å². The summed E-state index contributed by atoms with van der Waals surface area (Å²) in [7, 11) is 3.14. The normalized spacial score (nSPS) is 10.2. The molecular formula is C15H16O4. The summed E-state index contributed by atoms with van der Waals surface area (Å²) in [4.78, 5) is 0. The lowest BCUT2D eigenvalue weighted by Crippen LogP contribution is -1.93. The molecule has 0 bridgehead atoms. The van der Waals surface area contributed by atoms with Crippen LogP contribution in [0.15, 0.2) is 36.4 Å². The number of phenolic OH excluding ortho intramolecular Hbond substituents is 2. The second-order valence-corrected chi connectivity index (χ2v) is 4.17. The lowest BCUT2D eigenvalue weighted by atomic mass is 10.0. The molecule has 0 heterocycles. The first-order chi connectivity index (χ1) is 9.13. The van der Waals surface area contributed by atoms with Crippen LogP contribution in [0.25, 0.3) is 0 Å². The Balaban J connectivity index is 2.35. The van der Waals surface area contributed by atoms with E-state index in [1.165, 1.54) is 0 Å². The molecule has 2 rings (SSSR count). The van der Waals surface area contributed by atoms with Crippen molar-refractivity contribution in [1.29, 1.82) is 0 Å². The van der Waals surface area contributed by atoms with Gasteiger partial charge in [-0.15, -0.1) is 0 Å². The molecule has 0 unspecified atom stereocenters. The zero-order valence-electron chi connectivity index (χ0n) is 10.9. The lowest BCUT2D eigenvalue weighted by Gasteiger charge is -2.10. The van der Waals surface area contributed by atoms with E-state index in [2.05, 4.69) is 0 Å². The van der Waals surface area contributed by atoms with Gasteiger partial charge < -0.3 is 19.7 Å². The largest absolute Gasteiger partial charge is 0.508 e. The van der Waals surface area contributed by atoms with Crippen molar-refractivity contribution < 1.29 is 19.7 Å². The molecule has 0 saturated heterocycles. The van der Waals surface area contributed by atoms with E-state index in [1.54, 1.807) is 50.6 Å². The molecule has 0 aliphatic carbocycles. The molecule has 0 radical (unpaired) electrons. The van der Waals surface area contributed by atoms with Gasteiger partial charge in [0, 0.05) is 17.5 Å². The van der Waals surface area contributed by atoms with Crippen LogP contribution in [0.4, 0.5) is 0 Å². The molecule has 0 aromatic heterocycles.